The highest BCUT2D eigenvalue weighted by Gasteiger charge is 2.11. The van der Waals surface area contributed by atoms with E-state index >= 15 is 0 Å². The van der Waals surface area contributed by atoms with Crippen molar-refractivity contribution in [2.24, 2.45) is 7.05 Å². The van der Waals surface area contributed by atoms with Crippen molar-refractivity contribution in [2.45, 2.75) is 10.3 Å². The Hall–Kier alpha value is -2.27. The van der Waals surface area contributed by atoms with Crippen LogP contribution in [0.2, 0.25) is 0 Å². The average Bonchev–Trinajstić information content (AvgIpc) is 3.01. The van der Waals surface area contributed by atoms with Crippen molar-refractivity contribution in [3.05, 3.63) is 48.5 Å². The zero-order chi connectivity index (χ0) is 13.5. The Labute approximate surface area is 119 Å². The van der Waals surface area contributed by atoms with Gasteiger partial charge in [0.15, 0.2) is 10.3 Å². The minimum absolute atomic E-state index is 0.865. The number of benzene rings is 2. The first-order valence-corrected chi connectivity index (χ1v) is 7.17. The molecule has 0 saturated carbocycles. The lowest BCUT2D eigenvalue weighted by Gasteiger charge is -1.98. The van der Waals surface area contributed by atoms with E-state index in [1.54, 1.807) is 11.8 Å². The maximum absolute atomic E-state index is 4.64. The molecule has 2 aromatic carbocycles. The number of fused-ring (bicyclic) bond motifs is 2. The lowest BCUT2D eigenvalue weighted by Crippen LogP contribution is -1.90. The van der Waals surface area contributed by atoms with E-state index in [9.17, 15) is 0 Å². The molecule has 2 heterocycles. The van der Waals surface area contributed by atoms with E-state index < -0.39 is 0 Å². The zero-order valence-electron chi connectivity index (χ0n) is 10.9. The smallest absolute Gasteiger partial charge is 0.176 e. The summed E-state index contributed by atoms with van der Waals surface area (Å²) in [4.78, 5) is 12.5. The highest BCUT2D eigenvalue weighted by atomic mass is 32.2. The van der Waals surface area contributed by atoms with Crippen LogP contribution in [0.25, 0.3) is 22.1 Å². The second-order valence-corrected chi connectivity index (χ2v) is 5.56. The molecule has 0 amide bonds. The maximum Gasteiger partial charge on any atom is 0.176 e. The van der Waals surface area contributed by atoms with Gasteiger partial charge in [-0.2, -0.15) is 0 Å². The van der Waals surface area contributed by atoms with Gasteiger partial charge in [-0.3, -0.25) is 0 Å². The van der Waals surface area contributed by atoms with Crippen molar-refractivity contribution in [1.82, 2.24) is 19.5 Å². The summed E-state index contributed by atoms with van der Waals surface area (Å²) >= 11 is 1.55. The molecule has 2 aromatic heterocycles. The van der Waals surface area contributed by atoms with Crippen LogP contribution in [-0.2, 0) is 7.05 Å². The van der Waals surface area contributed by atoms with Gasteiger partial charge in [0.2, 0.25) is 0 Å². The van der Waals surface area contributed by atoms with Gasteiger partial charge in [0, 0.05) is 7.05 Å². The quantitative estimate of drug-likeness (QED) is 0.610. The van der Waals surface area contributed by atoms with Crippen molar-refractivity contribution in [1.29, 1.82) is 0 Å². The van der Waals surface area contributed by atoms with Gasteiger partial charge in [-0.1, -0.05) is 24.3 Å². The van der Waals surface area contributed by atoms with Crippen LogP contribution in [0.15, 0.2) is 58.8 Å². The van der Waals surface area contributed by atoms with E-state index in [1.165, 1.54) is 0 Å². The predicted octanol–water partition coefficient (Wildman–Crippen LogP) is 3.60. The molecule has 0 aliphatic heterocycles. The monoisotopic (exact) mass is 280 g/mol. The number of nitrogens with one attached hydrogen (secondary N) is 1. The summed E-state index contributed by atoms with van der Waals surface area (Å²) in [6, 6.07) is 16.2. The first-order chi connectivity index (χ1) is 9.81. The molecule has 0 atom stereocenters. The number of aromatic amines is 1. The first-order valence-electron chi connectivity index (χ1n) is 6.35. The number of aryl methyl sites for hydroxylation is 1. The van der Waals surface area contributed by atoms with Crippen molar-refractivity contribution in [3.63, 3.8) is 0 Å². The fourth-order valence-corrected chi connectivity index (χ4v) is 3.14. The third-order valence-corrected chi connectivity index (χ3v) is 4.24. The fraction of sp³-hybridized carbons (Fsp3) is 0.0667. The summed E-state index contributed by atoms with van der Waals surface area (Å²) < 4.78 is 2.09. The minimum atomic E-state index is 0.865. The Morgan fingerprint density at radius 3 is 2.50 bits per heavy atom. The van der Waals surface area contributed by atoms with E-state index in [0.29, 0.717) is 0 Å². The number of hydrogen-bond donors (Lipinski definition) is 1. The molecule has 4 nitrogen and oxygen atoms in total. The van der Waals surface area contributed by atoms with E-state index in [1.807, 2.05) is 49.5 Å². The summed E-state index contributed by atoms with van der Waals surface area (Å²) in [6.07, 6.45) is 0. The molecule has 0 fully saturated rings. The largest absolute Gasteiger partial charge is 0.333 e. The van der Waals surface area contributed by atoms with Gasteiger partial charge in [0.25, 0.3) is 0 Å². The summed E-state index contributed by atoms with van der Waals surface area (Å²) in [5.41, 5.74) is 4.17. The predicted molar refractivity (Wildman–Crippen MR) is 80.9 cm³/mol. The molecule has 5 heteroatoms. The average molecular weight is 280 g/mol. The molecular weight excluding hydrogens is 268 g/mol. The highest BCUT2D eigenvalue weighted by Crippen LogP contribution is 2.28. The molecule has 1 N–H and O–H groups in total. The molecule has 0 bridgehead atoms. The van der Waals surface area contributed by atoms with Crippen LogP contribution < -0.4 is 0 Å². The number of imidazole rings is 2. The standard InChI is InChI=1S/C15H12N4S/c1-19-13-9-5-4-8-12(13)18-15(19)20-14-16-10-6-2-3-7-11(10)17-14/h2-9H,1H3,(H,16,17). The molecule has 0 spiro atoms. The van der Waals surface area contributed by atoms with Crippen molar-refractivity contribution in [2.75, 3.05) is 0 Å². The third-order valence-electron chi connectivity index (χ3n) is 3.30. The van der Waals surface area contributed by atoms with Gasteiger partial charge in [0.1, 0.15) is 0 Å². The van der Waals surface area contributed by atoms with Crippen LogP contribution in [0.1, 0.15) is 0 Å². The molecular formula is C15H12N4S. The molecule has 0 radical (unpaired) electrons. The molecule has 20 heavy (non-hydrogen) atoms. The highest BCUT2D eigenvalue weighted by molar-refractivity contribution is 7.99. The number of hydrogen-bond acceptors (Lipinski definition) is 3. The lowest BCUT2D eigenvalue weighted by molar-refractivity contribution is 0.812. The number of para-hydroxylation sites is 4. The number of rotatable bonds is 2. The van der Waals surface area contributed by atoms with Crippen LogP contribution in [-0.4, -0.2) is 19.5 Å². The van der Waals surface area contributed by atoms with Crippen LogP contribution in [0.3, 0.4) is 0 Å². The van der Waals surface area contributed by atoms with Crippen molar-refractivity contribution in [3.8, 4) is 0 Å². The van der Waals surface area contributed by atoms with Gasteiger partial charge >= 0.3 is 0 Å². The second kappa shape index (κ2) is 4.38. The summed E-state index contributed by atoms with van der Waals surface area (Å²) in [5.74, 6) is 0. The van der Waals surface area contributed by atoms with E-state index in [0.717, 1.165) is 32.4 Å². The molecule has 0 aliphatic rings. The van der Waals surface area contributed by atoms with Gasteiger partial charge in [-0.05, 0) is 36.0 Å². The molecule has 0 unspecified atom stereocenters. The Bertz CT molecular complexity index is 873. The second-order valence-electron chi connectivity index (χ2n) is 4.60. The molecule has 0 saturated heterocycles. The fourth-order valence-electron chi connectivity index (χ4n) is 2.28. The minimum Gasteiger partial charge on any atom is -0.333 e. The Morgan fingerprint density at radius 2 is 1.70 bits per heavy atom. The molecule has 4 rings (SSSR count). The Balaban J connectivity index is 1.78. The Morgan fingerprint density at radius 1 is 0.950 bits per heavy atom. The lowest BCUT2D eigenvalue weighted by atomic mass is 10.3. The number of nitrogens with zero attached hydrogens (tertiary/aromatic N) is 3. The van der Waals surface area contributed by atoms with Crippen LogP contribution in [0, 0.1) is 0 Å². The first kappa shape index (κ1) is 11.5. The van der Waals surface area contributed by atoms with E-state index in [2.05, 4.69) is 25.6 Å². The maximum atomic E-state index is 4.64. The topological polar surface area (TPSA) is 46.5 Å². The van der Waals surface area contributed by atoms with Crippen LogP contribution in [0.5, 0.6) is 0 Å². The Kier molecular flexibility index (Phi) is 2.53. The van der Waals surface area contributed by atoms with Crippen LogP contribution >= 0.6 is 11.8 Å². The summed E-state index contributed by atoms with van der Waals surface area (Å²) in [7, 11) is 2.03. The van der Waals surface area contributed by atoms with E-state index in [4.69, 9.17) is 0 Å². The van der Waals surface area contributed by atoms with Crippen molar-refractivity contribution < 1.29 is 0 Å². The molecule has 0 aliphatic carbocycles. The third kappa shape index (κ3) is 1.78. The summed E-state index contributed by atoms with van der Waals surface area (Å²) in [5, 5.41) is 1.80. The zero-order valence-corrected chi connectivity index (χ0v) is 11.7. The van der Waals surface area contributed by atoms with Crippen LogP contribution in [0.4, 0.5) is 0 Å². The van der Waals surface area contributed by atoms with Crippen molar-refractivity contribution >= 4 is 33.8 Å². The molecule has 98 valence electrons. The number of aromatic nitrogens is 4. The van der Waals surface area contributed by atoms with Gasteiger partial charge in [0.05, 0.1) is 22.1 Å². The summed E-state index contributed by atoms with van der Waals surface area (Å²) in [6.45, 7) is 0. The molecule has 4 aromatic rings. The van der Waals surface area contributed by atoms with E-state index in [-0.39, 0.29) is 0 Å². The van der Waals surface area contributed by atoms with Gasteiger partial charge in [-0.15, -0.1) is 0 Å². The SMILES string of the molecule is Cn1c(Sc2nc3ccccc3[nH]2)nc2ccccc21. The van der Waals surface area contributed by atoms with Gasteiger partial charge in [-0.25, -0.2) is 9.97 Å². The van der Waals surface area contributed by atoms with Gasteiger partial charge < -0.3 is 9.55 Å². The normalized spacial score (nSPS) is 11.4. The number of H-pyrrole nitrogens is 1.